The van der Waals surface area contributed by atoms with Crippen molar-refractivity contribution in [2.24, 2.45) is 0 Å². The Morgan fingerprint density at radius 3 is 3.38 bits per heavy atom. The predicted molar refractivity (Wildman–Crippen MR) is 33.5 cm³/mol. The molecule has 0 amide bonds. The average molecular weight is 112 g/mol. The fourth-order valence-electron chi connectivity index (χ4n) is 0.849. The Hall–Kier alpha value is -0.460. The minimum absolute atomic E-state index is 0.439. The lowest BCUT2D eigenvalue weighted by atomic mass is 10.2. The van der Waals surface area contributed by atoms with Crippen molar-refractivity contribution in [3.8, 4) is 0 Å². The van der Waals surface area contributed by atoms with E-state index in [1.54, 1.807) is 0 Å². The molecule has 0 radical (unpaired) electrons. The average Bonchev–Trinajstić information content (AvgIpc) is 1.94. The first kappa shape index (κ1) is 5.67. The zero-order valence-corrected chi connectivity index (χ0v) is 5.26. The highest BCUT2D eigenvalue weighted by Gasteiger charge is 2.00. The van der Waals surface area contributed by atoms with Gasteiger partial charge in [-0.05, 0) is 32.3 Å². The second kappa shape index (κ2) is 2.75. The van der Waals surface area contributed by atoms with Gasteiger partial charge >= 0.3 is 0 Å². The van der Waals surface area contributed by atoms with Crippen molar-refractivity contribution < 1.29 is 4.74 Å². The number of allylic oxidation sites excluding steroid dienone is 1. The minimum atomic E-state index is 0.439. The fourth-order valence-corrected chi connectivity index (χ4v) is 0.849. The van der Waals surface area contributed by atoms with Gasteiger partial charge in [-0.1, -0.05) is 0 Å². The number of rotatable bonds is 0. The number of hydrogen-bond acceptors (Lipinski definition) is 1. The van der Waals surface area contributed by atoms with Crippen LogP contribution in [0.2, 0.25) is 0 Å². The molecule has 0 aliphatic carbocycles. The van der Waals surface area contributed by atoms with Gasteiger partial charge in [0.2, 0.25) is 0 Å². The summed E-state index contributed by atoms with van der Waals surface area (Å²) in [7, 11) is 0. The van der Waals surface area contributed by atoms with Crippen LogP contribution in [0.1, 0.15) is 26.2 Å². The van der Waals surface area contributed by atoms with Crippen LogP contribution in [0.25, 0.3) is 0 Å². The lowest BCUT2D eigenvalue weighted by Crippen LogP contribution is -2.00. The summed E-state index contributed by atoms with van der Waals surface area (Å²) in [6.45, 7) is 2.11. The van der Waals surface area contributed by atoms with Crippen molar-refractivity contribution in [1.82, 2.24) is 0 Å². The number of ether oxygens (including phenoxy) is 1. The summed E-state index contributed by atoms with van der Waals surface area (Å²) in [6, 6.07) is 0. The van der Waals surface area contributed by atoms with Crippen LogP contribution in [-0.2, 0) is 4.74 Å². The molecule has 0 aromatic heterocycles. The first-order valence-electron chi connectivity index (χ1n) is 3.20. The second-order valence-electron chi connectivity index (χ2n) is 2.25. The molecular weight excluding hydrogens is 100 g/mol. The van der Waals surface area contributed by atoms with Gasteiger partial charge in [-0.3, -0.25) is 0 Å². The van der Waals surface area contributed by atoms with Crippen molar-refractivity contribution in [2.45, 2.75) is 32.3 Å². The minimum Gasteiger partial charge on any atom is -0.499 e. The van der Waals surface area contributed by atoms with E-state index in [0.717, 1.165) is 0 Å². The van der Waals surface area contributed by atoms with Crippen LogP contribution in [0.15, 0.2) is 12.3 Å². The van der Waals surface area contributed by atoms with E-state index < -0.39 is 0 Å². The van der Waals surface area contributed by atoms with Crippen LogP contribution in [0.4, 0.5) is 0 Å². The van der Waals surface area contributed by atoms with E-state index in [4.69, 9.17) is 4.74 Å². The predicted octanol–water partition coefficient (Wildman–Crippen LogP) is 2.09. The zero-order chi connectivity index (χ0) is 5.82. The van der Waals surface area contributed by atoms with E-state index in [2.05, 4.69) is 13.0 Å². The van der Waals surface area contributed by atoms with Gasteiger partial charge in [0, 0.05) is 0 Å². The smallest absolute Gasteiger partial charge is 0.0950 e. The van der Waals surface area contributed by atoms with E-state index in [9.17, 15) is 0 Å². The van der Waals surface area contributed by atoms with E-state index in [1.807, 2.05) is 6.26 Å². The van der Waals surface area contributed by atoms with Gasteiger partial charge in [-0.15, -0.1) is 0 Å². The molecule has 0 bridgehead atoms. The molecule has 1 aliphatic heterocycles. The molecule has 1 nitrogen and oxygen atoms in total. The largest absolute Gasteiger partial charge is 0.499 e. The second-order valence-corrected chi connectivity index (χ2v) is 2.25. The SMILES string of the molecule is CC1CCCC=CO1. The van der Waals surface area contributed by atoms with Crippen molar-refractivity contribution in [3.05, 3.63) is 12.3 Å². The third-order valence-electron chi connectivity index (χ3n) is 1.39. The Balaban J connectivity index is 2.30. The first-order chi connectivity index (χ1) is 3.89. The molecule has 1 atom stereocenters. The summed E-state index contributed by atoms with van der Waals surface area (Å²) in [6.07, 6.45) is 8.00. The summed E-state index contributed by atoms with van der Waals surface area (Å²) in [4.78, 5) is 0. The summed E-state index contributed by atoms with van der Waals surface area (Å²) < 4.78 is 5.22. The molecule has 8 heavy (non-hydrogen) atoms. The fraction of sp³-hybridized carbons (Fsp3) is 0.714. The zero-order valence-electron chi connectivity index (χ0n) is 5.26. The van der Waals surface area contributed by atoms with E-state index in [0.29, 0.717) is 6.10 Å². The third kappa shape index (κ3) is 1.57. The van der Waals surface area contributed by atoms with Crippen molar-refractivity contribution in [2.75, 3.05) is 0 Å². The Kier molecular flexibility index (Phi) is 1.95. The molecule has 1 unspecified atom stereocenters. The van der Waals surface area contributed by atoms with Crippen LogP contribution < -0.4 is 0 Å². The molecule has 0 aromatic carbocycles. The summed E-state index contributed by atoms with van der Waals surface area (Å²) in [5.41, 5.74) is 0. The van der Waals surface area contributed by atoms with E-state index in [1.165, 1.54) is 19.3 Å². The summed E-state index contributed by atoms with van der Waals surface area (Å²) in [5, 5.41) is 0. The molecule has 0 saturated heterocycles. The maximum atomic E-state index is 5.22. The molecule has 1 aliphatic rings. The van der Waals surface area contributed by atoms with Crippen molar-refractivity contribution in [1.29, 1.82) is 0 Å². The van der Waals surface area contributed by atoms with Crippen molar-refractivity contribution >= 4 is 0 Å². The monoisotopic (exact) mass is 112 g/mol. The first-order valence-corrected chi connectivity index (χ1v) is 3.20. The van der Waals surface area contributed by atoms with Gasteiger partial charge in [0.25, 0.3) is 0 Å². The summed E-state index contributed by atoms with van der Waals surface area (Å²) in [5.74, 6) is 0. The van der Waals surface area contributed by atoms with E-state index >= 15 is 0 Å². The Morgan fingerprint density at radius 1 is 1.62 bits per heavy atom. The van der Waals surface area contributed by atoms with Gasteiger partial charge in [-0.2, -0.15) is 0 Å². The molecule has 0 saturated carbocycles. The van der Waals surface area contributed by atoms with Crippen LogP contribution in [0, 0.1) is 0 Å². The maximum absolute atomic E-state index is 5.22. The Labute approximate surface area is 50.3 Å². The standard InChI is InChI=1S/C7H12O/c1-7-5-3-2-4-6-8-7/h4,6-7H,2-3,5H2,1H3. The highest BCUT2D eigenvalue weighted by molar-refractivity contribution is 4.77. The van der Waals surface area contributed by atoms with Gasteiger partial charge in [0.05, 0.1) is 12.4 Å². The molecule has 0 fully saturated rings. The lowest BCUT2D eigenvalue weighted by molar-refractivity contribution is 0.157. The van der Waals surface area contributed by atoms with Crippen molar-refractivity contribution in [3.63, 3.8) is 0 Å². The highest BCUT2D eigenvalue weighted by Crippen LogP contribution is 2.09. The maximum Gasteiger partial charge on any atom is 0.0950 e. The highest BCUT2D eigenvalue weighted by atomic mass is 16.5. The molecular formula is C7H12O. The Bertz CT molecular complexity index is 86.4. The van der Waals surface area contributed by atoms with Crippen LogP contribution >= 0.6 is 0 Å². The molecule has 0 spiro atoms. The van der Waals surface area contributed by atoms with Crippen LogP contribution in [0.3, 0.4) is 0 Å². The van der Waals surface area contributed by atoms with Gasteiger partial charge in [0.1, 0.15) is 0 Å². The molecule has 46 valence electrons. The van der Waals surface area contributed by atoms with Gasteiger partial charge in [0.15, 0.2) is 0 Å². The topological polar surface area (TPSA) is 9.23 Å². The lowest BCUT2D eigenvalue weighted by Gasteiger charge is -2.05. The van der Waals surface area contributed by atoms with Gasteiger partial charge in [-0.25, -0.2) is 0 Å². The molecule has 1 heteroatoms. The van der Waals surface area contributed by atoms with E-state index in [-0.39, 0.29) is 0 Å². The quantitative estimate of drug-likeness (QED) is 0.466. The Morgan fingerprint density at radius 2 is 2.50 bits per heavy atom. The van der Waals surface area contributed by atoms with Gasteiger partial charge < -0.3 is 4.74 Å². The number of hydrogen-bond donors (Lipinski definition) is 0. The van der Waals surface area contributed by atoms with Crippen LogP contribution in [0.5, 0.6) is 0 Å². The summed E-state index contributed by atoms with van der Waals surface area (Å²) >= 11 is 0. The molecule has 0 aromatic rings. The normalized spacial score (nSPS) is 28.9. The molecule has 1 rings (SSSR count). The van der Waals surface area contributed by atoms with Crippen LogP contribution in [-0.4, -0.2) is 6.10 Å². The molecule has 1 heterocycles. The molecule has 0 N–H and O–H groups in total. The third-order valence-corrected chi connectivity index (χ3v) is 1.39.